The van der Waals surface area contributed by atoms with E-state index in [0.717, 1.165) is 43.5 Å². The smallest absolute Gasteiger partial charge is 0.331 e. The van der Waals surface area contributed by atoms with E-state index in [4.69, 9.17) is 12.2 Å². The van der Waals surface area contributed by atoms with Crippen LogP contribution in [0.25, 0.3) is 11.0 Å². The van der Waals surface area contributed by atoms with Crippen molar-refractivity contribution in [2.45, 2.75) is 45.8 Å². The molecule has 116 valence electrons. The first-order valence-corrected chi connectivity index (χ1v) is 7.49. The molecule has 0 aliphatic carbocycles. The zero-order valence-electron chi connectivity index (χ0n) is 12.1. The number of aromatic amines is 1. The fourth-order valence-electron chi connectivity index (χ4n) is 2.38. The quantitative estimate of drug-likeness (QED) is 0.567. The molecule has 1 aromatic heterocycles. The molecule has 0 spiro atoms. The summed E-state index contributed by atoms with van der Waals surface area (Å²) in [7, 11) is 0. The maximum absolute atomic E-state index is 12.7. The normalized spacial score (nSPS) is 12.5. The minimum absolute atomic E-state index is 0.443. The van der Waals surface area contributed by atoms with Crippen LogP contribution in [0.2, 0.25) is 0 Å². The molecule has 0 amide bonds. The number of fused-ring (bicyclic) bond motifs is 1. The molecule has 0 aliphatic rings. The van der Waals surface area contributed by atoms with Gasteiger partial charge in [0.25, 0.3) is 0 Å². The molecule has 21 heavy (non-hydrogen) atoms. The van der Waals surface area contributed by atoms with E-state index in [-0.39, 0.29) is 0 Å². The highest BCUT2D eigenvalue weighted by atomic mass is 32.1. The minimum atomic E-state index is -4.33. The van der Waals surface area contributed by atoms with Crippen molar-refractivity contribution < 1.29 is 13.2 Å². The van der Waals surface area contributed by atoms with E-state index < -0.39 is 11.7 Å². The number of alkyl halides is 3. The lowest BCUT2D eigenvalue weighted by Gasteiger charge is -2.08. The summed E-state index contributed by atoms with van der Waals surface area (Å²) in [6.45, 7) is 5.09. The molecular formula is C15H19F3N2S. The molecule has 2 nitrogen and oxygen atoms in total. The van der Waals surface area contributed by atoms with Crippen LogP contribution >= 0.6 is 12.2 Å². The standard InChI is InChI=1S/C15H19F3N2S/c1-10(2)5-3-4-8-20-13-7-6-11(15(16,17)18)9-12(13)19-14(20)21/h6-7,9-10H,3-5,8H2,1-2H3,(H,19,21). The summed E-state index contributed by atoms with van der Waals surface area (Å²) < 4.78 is 40.5. The Labute approximate surface area is 127 Å². The van der Waals surface area contributed by atoms with Crippen LogP contribution in [-0.2, 0) is 12.7 Å². The fourth-order valence-corrected chi connectivity index (χ4v) is 2.68. The van der Waals surface area contributed by atoms with Crippen molar-refractivity contribution in [3.8, 4) is 0 Å². The number of aromatic nitrogens is 2. The topological polar surface area (TPSA) is 20.7 Å². The molecule has 0 atom stereocenters. The molecule has 1 aromatic carbocycles. The van der Waals surface area contributed by atoms with Gasteiger partial charge in [-0.3, -0.25) is 0 Å². The van der Waals surface area contributed by atoms with Gasteiger partial charge in [0.2, 0.25) is 0 Å². The van der Waals surface area contributed by atoms with Crippen molar-refractivity contribution in [1.29, 1.82) is 0 Å². The van der Waals surface area contributed by atoms with Gasteiger partial charge in [-0.25, -0.2) is 0 Å². The third-order valence-corrected chi connectivity index (χ3v) is 3.84. The largest absolute Gasteiger partial charge is 0.416 e. The summed E-state index contributed by atoms with van der Waals surface area (Å²) in [5.74, 6) is 0.662. The lowest BCUT2D eigenvalue weighted by molar-refractivity contribution is -0.137. The van der Waals surface area contributed by atoms with Gasteiger partial charge in [-0.1, -0.05) is 26.7 Å². The summed E-state index contributed by atoms with van der Waals surface area (Å²) in [6, 6.07) is 3.72. The van der Waals surface area contributed by atoms with Crippen LogP contribution < -0.4 is 0 Å². The van der Waals surface area contributed by atoms with E-state index >= 15 is 0 Å². The van der Waals surface area contributed by atoms with Crippen LogP contribution in [0.1, 0.15) is 38.7 Å². The van der Waals surface area contributed by atoms with E-state index in [1.165, 1.54) is 6.07 Å². The molecule has 6 heteroatoms. The van der Waals surface area contributed by atoms with E-state index in [9.17, 15) is 13.2 Å². The molecule has 0 saturated heterocycles. The maximum Gasteiger partial charge on any atom is 0.416 e. The first-order valence-electron chi connectivity index (χ1n) is 7.09. The molecule has 0 bridgehead atoms. The Balaban J connectivity index is 2.21. The summed E-state index contributed by atoms with van der Waals surface area (Å²) in [6.07, 6.45) is -1.12. The van der Waals surface area contributed by atoms with Gasteiger partial charge in [0, 0.05) is 6.54 Å². The van der Waals surface area contributed by atoms with Gasteiger partial charge in [-0.15, -0.1) is 0 Å². The summed E-state index contributed by atoms with van der Waals surface area (Å²) >= 11 is 5.22. The van der Waals surface area contributed by atoms with Gasteiger partial charge in [0.1, 0.15) is 0 Å². The number of hydrogen-bond acceptors (Lipinski definition) is 1. The highest BCUT2D eigenvalue weighted by Gasteiger charge is 2.30. The highest BCUT2D eigenvalue weighted by Crippen LogP contribution is 2.31. The molecule has 0 unspecified atom stereocenters. The van der Waals surface area contributed by atoms with Crippen molar-refractivity contribution in [3.05, 3.63) is 28.5 Å². The molecule has 2 aromatic rings. The van der Waals surface area contributed by atoms with E-state index in [1.807, 2.05) is 4.57 Å². The van der Waals surface area contributed by atoms with Gasteiger partial charge < -0.3 is 9.55 Å². The minimum Gasteiger partial charge on any atom is -0.331 e. The Morgan fingerprint density at radius 3 is 2.57 bits per heavy atom. The Hall–Kier alpha value is -1.30. The van der Waals surface area contributed by atoms with E-state index in [1.54, 1.807) is 0 Å². The second kappa shape index (κ2) is 6.22. The maximum atomic E-state index is 12.7. The van der Waals surface area contributed by atoms with Crippen molar-refractivity contribution in [1.82, 2.24) is 9.55 Å². The summed E-state index contributed by atoms with van der Waals surface area (Å²) in [5, 5.41) is 0. The van der Waals surface area contributed by atoms with Crippen molar-refractivity contribution >= 4 is 23.3 Å². The predicted molar refractivity (Wildman–Crippen MR) is 80.8 cm³/mol. The predicted octanol–water partition coefficient (Wildman–Crippen LogP) is 5.54. The van der Waals surface area contributed by atoms with Gasteiger partial charge in [-0.05, 0) is 42.8 Å². The molecular weight excluding hydrogens is 297 g/mol. The Morgan fingerprint density at radius 2 is 1.95 bits per heavy atom. The zero-order valence-corrected chi connectivity index (χ0v) is 12.9. The average Bonchev–Trinajstić information content (AvgIpc) is 2.68. The van der Waals surface area contributed by atoms with E-state index in [2.05, 4.69) is 18.8 Å². The Morgan fingerprint density at radius 1 is 1.24 bits per heavy atom. The number of aryl methyl sites for hydroxylation is 1. The number of nitrogens with one attached hydrogen (secondary N) is 1. The summed E-state index contributed by atoms with van der Waals surface area (Å²) in [5.41, 5.74) is 0.523. The fraction of sp³-hybridized carbons (Fsp3) is 0.533. The van der Waals surface area contributed by atoms with Gasteiger partial charge in [0.15, 0.2) is 4.77 Å². The van der Waals surface area contributed by atoms with Gasteiger partial charge in [0.05, 0.1) is 16.6 Å². The highest BCUT2D eigenvalue weighted by molar-refractivity contribution is 7.71. The number of halogens is 3. The third-order valence-electron chi connectivity index (χ3n) is 3.51. The summed E-state index contributed by atoms with van der Waals surface area (Å²) in [4.78, 5) is 2.87. The first-order chi connectivity index (χ1) is 9.79. The van der Waals surface area contributed by atoms with Gasteiger partial charge in [-0.2, -0.15) is 13.2 Å². The second-order valence-electron chi connectivity index (χ2n) is 5.70. The zero-order chi connectivity index (χ0) is 15.6. The molecule has 1 N–H and O–H groups in total. The monoisotopic (exact) mass is 316 g/mol. The van der Waals surface area contributed by atoms with E-state index in [0.29, 0.717) is 16.2 Å². The van der Waals surface area contributed by atoms with Crippen LogP contribution in [0.4, 0.5) is 13.2 Å². The molecule has 1 heterocycles. The van der Waals surface area contributed by atoms with Crippen LogP contribution in [0.5, 0.6) is 0 Å². The third kappa shape index (κ3) is 3.87. The number of rotatable bonds is 5. The molecule has 0 saturated carbocycles. The first kappa shape index (κ1) is 16.1. The molecule has 2 rings (SSSR count). The van der Waals surface area contributed by atoms with Crippen LogP contribution in [-0.4, -0.2) is 9.55 Å². The number of imidazole rings is 1. The average molecular weight is 316 g/mol. The Kier molecular flexibility index (Phi) is 4.76. The van der Waals surface area contributed by atoms with Crippen LogP contribution in [0.3, 0.4) is 0 Å². The van der Waals surface area contributed by atoms with Crippen LogP contribution in [0, 0.1) is 10.7 Å². The number of nitrogens with zero attached hydrogens (tertiary/aromatic N) is 1. The van der Waals surface area contributed by atoms with Gasteiger partial charge >= 0.3 is 6.18 Å². The lowest BCUT2D eigenvalue weighted by Crippen LogP contribution is -2.04. The molecule has 0 radical (unpaired) electrons. The van der Waals surface area contributed by atoms with Crippen molar-refractivity contribution in [2.24, 2.45) is 5.92 Å². The number of unbranched alkanes of at least 4 members (excludes halogenated alkanes) is 1. The molecule has 0 fully saturated rings. The number of H-pyrrole nitrogens is 1. The van der Waals surface area contributed by atoms with Crippen molar-refractivity contribution in [2.75, 3.05) is 0 Å². The number of benzene rings is 1. The number of hydrogen-bond donors (Lipinski definition) is 1. The van der Waals surface area contributed by atoms with Crippen LogP contribution in [0.15, 0.2) is 18.2 Å². The SMILES string of the molecule is CC(C)CCCCn1c(=S)[nH]c2cc(C(F)(F)F)ccc21. The second-order valence-corrected chi connectivity index (χ2v) is 6.09. The lowest BCUT2D eigenvalue weighted by atomic mass is 10.1. The molecule has 0 aliphatic heterocycles. The van der Waals surface area contributed by atoms with Crippen molar-refractivity contribution in [3.63, 3.8) is 0 Å². The Bertz CT molecular complexity index is 668.